The number of benzene rings is 2. The normalized spacial score (nSPS) is 15.5. The van der Waals surface area contributed by atoms with E-state index in [9.17, 15) is 22.8 Å². The third-order valence-corrected chi connectivity index (χ3v) is 5.30. The van der Waals surface area contributed by atoms with E-state index in [2.05, 4.69) is 24.5 Å². The number of fused-ring (bicyclic) bond motifs is 1. The molecule has 1 aliphatic rings. The van der Waals surface area contributed by atoms with Crippen molar-refractivity contribution < 1.29 is 27.5 Å². The predicted octanol–water partition coefficient (Wildman–Crippen LogP) is 6.15. The Kier molecular flexibility index (Phi) is 6.90. The number of alkyl halides is 3. The van der Waals surface area contributed by atoms with Crippen LogP contribution < -0.4 is 20.3 Å². The Labute approximate surface area is 191 Å². The summed E-state index contributed by atoms with van der Waals surface area (Å²) in [6, 6.07) is 8.63. The van der Waals surface area contributed by atoms with Crippen LogP contribution in [0.3, 0.4) is 0 Å². The van der Waals surface area contributed by atoms with E-state index in [1.165, 1.54) is 12.1 Å². The molecule has 0 aromatic heterocycles. The largest absolute Gasteiger partial charge is 0.490 e. The van der Waals surface area contributed by atoms with Gasteiger partial charge >= 0.3 is 12.2 Å². The second-order valence-corrected chi connectivity index (χ2v) is 9.15. The quantitative estimate of drug-likeness (QED) is 0.559. The van der Waals surface area contributed by atoms with Crippen LogP contribution in [0.5, 0.6) is 5.75 Å². The minimum absolute atomic E-state index is 0.0144. The van der Waals surface area contributed by atoms with Gasteiger partial charge in [-0.05, 0) is 56.5 Å². The lowest BCUT2D eigenvalue weighted by Crippen LogP contribution is -2.42. The van der Waals surface area contributed by atoms with Crippen LogP contribution in [0.2, 0.25) is 0 Å². The van der Waals surface area contributed by atoms with E-state index in [-0.39, 0.29) is 18.2 Å². The van der Waals surface area contributed by atoms with Crippen LogP contribution in [0.15, 0.2) is 42.5 Å². The molecule has 1 aliphatic heterocycles. The molecule has 0 aliphatic carbocycles. The van der Waals surface area contributed by atoms with Gasteiger partial charge in [-0.2, -0.15) is 13.2 Å². The van der Waals surface area contributed by atoms with Crippen molar-refractivity contribution >= 4 is 29.0 Å². The lowest BCUT2D eigenvalue weighted by molar-refractivity contribution is -0.137. The molecule has 9 heteroatoms. The van der Waals surface area contributed by atoms with Gasteiger partial charge in [0.1, 0.15) is 12.4 Å². The van der Waals surface area contributed by atoms with Gasteiger partial charge in [0.2, 0.25) is 5.91 Å². The van der Waals surface area contributed by atoms with Crippen molar-refractivity contribution in [2.75, 3.05) is 28.7 Å². The maximum Gasteiger partial charge on any atom is 0.416 e. The van der Waals surface area contributed by atoms with E-state index in [1.54, 1.807) is 23.1 Å². The van der Waals surface area contributed by atoms with Crippen LogP contribution in [0.25, 0.3) is 0 Å². The van der Waals surface area contributed by atoms with Crippen molar-refractivity contribution in [3.63, 3.8) is 0 Å². The minimum Gasteiger partial charge on any atom is -0.490 e. The van der Waals surface area contributed by atoms with Crippen molar-refractivity contribution in [3.05, 3.63) is 48.0 Å². The van der Waals surface area contributed by atoms with Crippen LogP contribution in [0.4, 0.5) is 35.0 Å². The van der Waals surface area contributed by atoms with Gasteiger partial charge in [-0.25, -0.2) is 4.79 Å². The molecule has 0 bridgehead atoms. The Bertz CT molecular complexity index is 1040. The third kappa shape index (κ3) is 5.97. The van der Waals surface area contributed by atoms with Crippen molar-refractivity contribution in [3.8, 4) is 5.75 Å². The first-order valence-corrected chi connectivity index (χ1v) is 10.7. The highest BCUT2D eigenvalue weighted by molar-refractivity contribution is 6.02. The molecule has 0 saturated carbocycles. The fourth-order valence-electron chi connectivity index (χ4n) is 3.40. The topological polar surface area (TPSA) is 70.7 Å². The zero-order valence-corrected chi connectivity index (χ0v) is 19.0. The molecule has 0 atom stereocenters. The number of nitrogens with zero attached hydrogens (tertiary/aromatic N) is 1. The molecule has 33 heavy (non-hydrogen) atoms. The summed E-state index contributed by atoms with van der Waals surface area (Å²) in [5.41, 5.74) is -0.554. The van der Waals surface area contributed by atoms with Gasteiger partial charge in [-0.15, -0.1) is 0 Å². The van der Waals surface area contributed by atoms with Crippen LogP contribution in [-0.2, 0) is 11.0 Å². The lowest BCUT2D eigenvalue weighted by atomic mass is 9.92. The summed E-state index contributed by atoms with van der Waals surface area (Å²) >= 11 is 0. The third-order valence-electron chi connectivity index (χ3n) is 5.30. The Balaban J connectivity index is 1.78. The summed E-state index contributed by atoms with van der Waals surface area (Å²) in [5.74, 6) is 0.827. The number of hydrogen-bond donors (Lipinski definition) is 2. The summed E-state index contributed by atoms with van der Waals surface area (Å²) in [5, 5.41) is 5.00. The molecular formula is C24H28F3N3O3. The van der Waals surface area contributed by atoms with Gasteiger partial charge in [-0.3, -0.25) is 4.79 Å². The van der Waals surface area contributed by atoms with Crippen molar-refractivity contribution in [1.29, 1.82) is 0 Å². The highest BCUT2D eigenvalue weighted by Gasteiger charge is 2.37. The zero-order valence-electron chi connectivity index (χ0n) is 19.0. The molecule has 2 aromatic rings. The first kappa shape index (κ1) is 24.4. The Hall–Kier alpha value is -3.23. The number of halogens is 3. The lowest BCUT2D eigenvalue weighted by Gasteiger charge is -2.28. The van der Waals surface area contributed by atoms with E-state index in [4.69, 9.17) is 4.74 Å². The van der Waals surface area contributed by atoms with E-state index in [0.717, 1.165) is 18.6 Å². The first-order chi connectivity index (χ1) is 15.4. The highest BCUT2D eigenvalue weighted by atomic mass is 19.4. The maximum absolute atomic E-state index is 13.1. The fourth-order valence-corrected chi connectivity index (χ4v) is 3.40. The summed E-state index contributed by atoms with van der Waals surface area (Å²) in [6.07, 6.45) is -3.68. The fraction of sp³-hybridized carbons (Fsp3) is 0.417. The Morgan fingerprint density at radius 2 is 1.79 bits per heavy atom. The highest BCUT2D eigenvalue weighted by Crippen LogP contribution is 2.38. The molecule has 0 saturated heterocycles. The zero-order chi connectivity index (χ0) is 24.4. The van der Waals surface area contributed by atoms with Crippen LogP contribution in [0.1, 0.15) is 39.7 Å². The van der Waals surface area contributed by atoms with E-state index >= 15 is 0 Å². The SMILES string of the molecule is CC(C)CCN1C(=O)C(C)(C)COc2cc(NC(=O)Nc3cccc(C(F)(F)F)c3)ccc21. The molecule has 2 N–H and O–H groups in total. The van der Waals surface area contributed by atoms with E-state index < -0.39 is 23.2 Å². The number of rotatable bonds is 5. The molecule has 1 heterocycles. The Morgan fingerprint density at radius 3 is 2.42 bits per heavy atom. The number of amides is 3. The number of carbonyl (C=O) groups excluding carboxylic acids is 2. The monoisotopic (exact) mass is 463 g/mol. The number of nitrogens with one attached hydrogen (secondary N) is 2. The molecule has 2 aromatic carbocycles. The molecule has 0 radical (unpaired) electrons. The molecule has 6 nitrogen and oxygen atoms in total. The number of hydrogen-bond acceptors (Lipinski definition) is 3. The standard InChI is InChI=1S/C24H28F3N3O3/c1-15(2)10-11-30-19-9-8-18(13-20(19)33-14-23(3,4)21(30)31)29-22(32)28-17-7-5-6-16(12-17)24(25,26)27/h5-9,12-13,15H,10-11,14H2,1-4H3,(H2,28,29,32). The smallest absolute Gasteiger partial charge is 0.416 e. The number of anilines is 3. The first-order valence-electron chi connectivity index (χ1n) is 10.7. The van der Waals surface area contributed by atoms with Crippen LogP contribution >= 0.6 is 0 Å². The predicted molar refractivity (Wildman–Crippen MR) is 122 cm³/mol. The molecule has 0 spiro atoms. The maximum atomic E-state index is 13.1. The Morgan fingerprint density at radius 1 is 1.12 bits per heavy atom. The average molecular weight is 464 g/mol. The second-order valence-electron chi connectivity index (χ2n) is 9.15. The molecule has 3 rings (SSSR count). The van der Waals surface area contributed by atoms with Crippen LogP contribution in [0, 0.1) is 11.3 Å². The van der Waals surface area contributed by atoms with Crippen molar-refractivity contribution in [2.24, 2.45) is 11.3 Å². The molecule has 0 unspecified atom stereocenters. The average Bonchev–Trinajstić information content (AvgIpc) is 2.81. The van der Waals surface area contributed by atoms with Gasteiger partial charge in [0.05, 0.1) is 16.7 Å². The molecule has 0 fully saturated rings. The summed E-state index contributed by atoms with van der Waals surface area (Å²) in [7, 11) is 0. The summed E-state index contributed by atoms with van der Waals surface area (Å²) in [6.45, 7) is 8.54. The molecule has 3 amide bonds. The summed E-state index contributed by atoms with van der Waals surface area (Å²) in [4.78, 5) is 27.2. The number of urea groups is 1. The minimum atomic E-state index is -4.50. The van der Waals surface area contributed by atoms with Crippen LogP contribution in [-0.4, -0.2) is 25.1 Å². The van der Waals surface area contributed by atoms with E-state index in [0.29, 0.717) is 29.6 Å². The second kappa shape index (κ2) is 9.33. The van der Waals surface area contributed by atoms with Gasteiger partial charge in [-0.1, -0.05) is 19.9 Å². The van der Waals surface area contributed by atoms with Gasteiger partial charge in [0.25, 0.3) is 0 Å². The summed E-state index contributed by atoms with van der Waals surface area (Å²) < 4.78 is 44.6. The number of ether oxygens (including phenoxy) is 1. The van der Waals surface area contributed by atoms with Gasteiger partial charge in [0, 0.05) is 24.0 Å². The van der Waals surface area contributed by atoms with E-state index in [1.807, 2.05) is 13.8 Å². The van der Waals surface area contributed by atoms with Gasteiger partial charge < -0.3 is 20.3 Å². The molecule has 178 valence electrons. The molecular weight excluding hydrogens is 435 g/mol. The van der Waals surface area contributed by atoms with Crippen molar-refractivity contribution in [2.45, 2.75) is 40.3 Å². The van der Waals surface area contributed by atoms with Gasteiger partial charge in [0.15, 0.2) is 0 Å². The van der Waals surface area contributed by atoms with Crippen molar-refractivity contribution in [1.82, 2.24) is 0 Å². The number of carbonyl (C=O) groups is 2.